The number of hydrogen-bond donors (Lipinski definition) is 2. The number of rotatable bonds is 9. The molecule has 1 aliphatic carbocycles. The van der Waals surface area contributed by atoms with Crippen molar-refractivity contribution in [3.63, 3.8) is 0 Å². The third-order valence-corrected chi connectivity index (χ3v) is 9.31. The first-order chi connectivity index (χ1) is 21.2. The number of piperidine rings is 1. The van der Waals surface area contributed by atoms with E-state index in [1.54, 1.807) is 29.2 Å². The number of benzene rings is 1. The first-order valence-corrected chi connectivity index (χ1v) is 15.8. The molecule has 11 heteroatoms. The first-order valence-electron chi connectivity index (χ1n) is 15.8. The smallest absolute Gasteiger partial charge is 0.258 e. The Morgan fingerprint density at radius 1 is 1.02 bits per heavy atom. The number of aromatic nitrogens is 5. The summed E-state index contributed by atoms with van der Waals surface area (Å²) in [5, 5.41) is 17.6. The summed E-state index contributed by atoms with van der Waals surface area (Å²) in [6.07, 6.45) is 10.4. The number of fused-ring (bicyclic) bond motifs is 1. The van der Waals surface area contributed by atoms with E-state index in [0.717, 1.165) is 81.3 Å². The van der Waals surface area contributed by atoms with Gasteiger partial charge in [-0.2, -0.15) is 5.10 Å². The molecular formula is C33H45N9O2. The van der Waals surface area contributed by atoms with Crippen molar-refractivity contribution < 1.29 is 9.90 Å². The Morgan fingerprint density at radius 2 is 1.80 bits per heavy atom. The highest BCUT2D eigenvalue weighted by molar-refractivity contribution is 6.04. The standard InChI is InChI=1S/C33H45N9O2/c1-38(2)17-18-39(3)25-12-15-41(16-13-25)27-7-10-29-31(20-27)42(26-5-8-28(43)9-6-26)33(36-29)37-32(44)23-11-14-34-30(19-23)24-21-35-40(4)22-24/h7,10-11,14,19-22,25-26,28,43H,5-6,8-9,12-13,15-18H2,1-4H3,(H,36,37,44). The number of pyridine rings is 1. The molecule has 1 saturated carbocycles. The molecule has 4 aromatic rings. The summed E-state index contributed by atoms with van der Waals surface area (Å²) in [4.78, 5) is 30.2. The van der Waals surface area contributed by atoms with Crippen LogP contribution in [0.5, 0.6) is 0 Å². The molecule has 2 fully saturated rings. The van der Waals surface area contributed by atoms with Crippen LogP contribution >= 0.6 is 0 Å². The molecule has 0 atom stereocenters. The van der Waals surface area contributed by atoms with Crippen molar-refractivity contribution in [3.05, 3.63) is 54.5 Å². The number of anilines is 2. The van der Waals surface area contributed by atoms with E-state index in [1.807, 2.05) is 13.2 Å². The lowest BCUT2D eigenvalue weighted by molar-refractivity contribution is 0.102. The molecule has 4 heterocycles. The lowest BCUT2D eigenvalue weighted by Crippen LogP contribution is -2.45. The van der Waals surface area contributed by atoms with Gasteiger partial charge >= 0.3 is 0 Å². The van der Waals surface area contributed by atoms with E-state index in [0.29, 0.717) is 23.2 Å². The van der Waals surface area contributed by atoms with Crippen molar-refractivity contribution in [3.8, 4) is 11.3 Å². The first kappa shape index (κ1) is 30.2. The summed E-state index contributed by atoms with van der Waals surface area (Å²) >= 11 is 0. The van der Waals surface area contributed by atoms with Gasteiger partial charge in [-0.15, -0.1) is 0 Å². The number of carbonyl (C=O) groups is 1. The van der Waals surface area contributed by atoms with Crippen molar-refractivity contribution in [1.82, 2.24) is 34.1 Å². The van der Waals surface area contributed by atoms with Crippen molar-refractivity contribution in [2.75, 3.05) is 57.5 Å². The maximum absolute atomic E-state index is 13.6. The van der Waals surface area contributed by atoms with Crippen LogP contribution in [0.2, 0.25) is 0 Å². The van der Waals surface area contributed by atoms with E-state index in [9.17, 15) is 9.90 Å². The zero-order chi connectivity index (χ0) is 30.8. The number of nitrogens with zero attached hydrogens (tertiary/aromatic N) is 8. The molecule has 1 amide bonds. The second-order valence-electron chi connectivity index (χ2n) is 12.7. The summed E-state index contributed by atoms with van der Waals surface area (Å²) in [7, 11) is 8.36. The zero-order valence-corrected chi connectivity index (χ0v) is 26.4. The number of likely N-dealkylation sites (N-methyl/N-ethyl adjacent to an activating group) is 2. The van der Waals surface area contributed by atoms with Crippen LogP contribution < -0.4 is 10.2 Å². The van der Waals surface area contributed by atoms with Crippen LogP contribution in [0.25, 0.3) is 22.3 Å². The highest BCUT2D eigenvalue weighted by Crippen LogP contribution is 2.36. The topological polar surface area (TPSA) is 108 Å². The van der Waals surface area contributed by atoms with Crippen LogP contribution in [0.1, 0.15) is 54.9 Å². The fourth-order valence-electron chi connectivity index (χ4n) is 6.61. The van der Waals surface area contributed by atoms with Crippen LogP contribution in [0.15, 0.2) is 48.9 Å². The molecule has 1 aliphatic heterocycles. The molecule has 0 spiro atoms. The van der Waals surface area contributed by atoms with Gasteiger partial charge in [0.15, 0.2) is 0 Å². The minimum Gasteiger partial charge on any atom is -0.393 e. The highest BCUT2D eigenvalue weighted by Gasteiger charge is 2.28. The molecule has 0 bridgehead atoms. The lowest BCUT2D eigenvalue weighted by Gasteiger charge is -2.38. The van der Waals surface area contributed by atoms with Gasteiger partial charge in [-0.3, -0.25) is 19.8 Å². The number of amides is 1. The average Bonchev–Trinajstić information content (AvgIpc) is 3.63. The number of nitrogens with one attached hydrogen (secondary N) is 1. The summed E-state index contributed by atoms with van der Waals surface area (Å²) in [5.41, 5.74) is 5.13. The van der Waals surface area contributed by atoms with Gasteiger partial charge in [-0.25, -0.2) is 4.98 Å². The van der Waals surface area contributed by atoms with Crippen molar-refractivity contribution in [2.45, 2.75) is 56.7 Å². The molecule has 1 aromatic carbocycles. The molecule has 0 unspecified atom stereocenters. The maximum atomic E-state index is 13.6. The minimum atomic E-state index is -0.269. The highest BCUT2D eigenvalue weighted by atomic mass is 16.3. The average molecular weight is 600 g/mol. The van der Waals surface area contributed by atoms with Gasteiger partial charge in [0.05, 0.1) is 29.0 Å². The van der Waals surface area contributed by atoms with Crippen molar-refractivity contribution >= 4 is 28.6 Å². The fourth-order valence-corrected chi connectivity index (χ4v) is 6.61. The summed E-state index contributed by atoms with van der Waals surface area (Å²) in [5.74, 6) is 0.315. The molecular weight excluding hydrogens is 554 g/mol. The lowest BCUT2D eigenvalue weighted by atomic mass is 9.93. The third kappa shape index (κ3) is 6.64. The number of imidazole rings is 1. The van der Waals surface area contributed by atoms with Gasteiger partial charge in [0.2, 0.25) is 5.95 Å². The van der Waals surface area contributed by atoms with Gasteiger partial charge < -0.3 is 24.4 Å². The van der Waals surface area contributed by atoms with E-state index in [1.165, 1.54) is 5.69 Å². The molecule has 2 N–H and O–H groups in total. The minimum absolute atomic E-state index is 0.147. The SMILES string of the molecule is CN(C)CCN(C)C1CCN(c2ccc3nc(NC(=O)c4ccnc(-c5cnn(C)c5)c4)n(C4CCC(O)CC4)c3c2)CC1. The number of carbonyl (C=O) groups excluding carboxylic acids is 1. The van der Waals surface area contributed by atoms with E-state index in [2.05, 4.69) is 74.0 Å². The number of aliphatic hydroxyl groups is 1. The largest absolute Gasteiger partial charge is 0.393 e. The zero-order valence-electron chi connectivity index (χ0n) is 26.4. The Labute approximate surface area is 259 Å². The maximum Gasteiger partial charge on any atom is 0.258 e. The van der Waals surface area contributed by atoms with E-state index >= 15 is 0 Å². The fraction of sp³-hybridized carbons (Fsp3) is 0.515. The van der Waals surface area contributed by atoms with Crippen LogP contribution in [-0.4, -0.2) is 105 Å². The van der Waals surface area contributed by atoms with E-state index < -0.39 is 0 Å². The molecule has 0 radical (unpaired) electrons. The second-order valence-corrected chi connectivity index (χ2v) is 12.7. The summed E-state index contributed by atoms with van der Waals surface area (Å²) in [6, 6.07) is 10.7. The summed E-state index contributed by atoms with van der Waals surface area (Å²) < 4.78 is 3.92. The van der Waals surface area contributed by atoms with E-state index in [4.69, 9.17) is 4.98 Å². The number of aryl methyl sites for hydroxylation is 1. The second kappa shape index (κ2) is 13.1. The summed E-state index contributed by atoms with van der Waals surface area (Å²) in [6.45, 7) is 4.17. The molecule has 3 aromatic heterocycles. The molecule has 6 rings (SSSR count). The molecule has 234 valence electrons. The molecule has 1 saturated heterocycles. The normalized spacial score (nSPS) is 19.8. The Hall–Kier alpha value is -3.80. The van der Waals surface area contributed by atoms with Gasteiger partial charge in [-0.1, -0.05) is 0 Å². The van der Waals surface area contributed by atoms with Crippen LogP contribution in [0, 0.1) is 0 Å². The molecule has 44 heavy (non-hydrogen) atoms. The predicted octanol–water partition coefficient (Wildman–Crippen LogP) is 4.02. The Kier molecular flexibility index (Phi) is 8.97. The quantitative estimate of drug-likeness (QED) is 0.297. The van der Waals surface area contributed by atoms with Crippen LogP contribution in [0.3, 0.4) is 0 Å². The van der Waals surface area contributed by atoms with E-state index in [-0.39, 0.29) is 18.1 Å². The van der Waals surface area contributed by atoms with Crippen LogP contribution in [-0.2, 0) is 7.05 Å². The van der Waals surface area contributed by atoms with Crippen LogP contribution in [0.4, 0.5) is 11.6 Å². The number of hydrogen-bond acceptors (Lipinski definition) is 8. The molecule has 2 aliphatic rings. The predicted molar refractivity (Wildman–Crippen MR) is 174 cm³/mol. The Balaban J connectivity index is 1.25. The Bertz CT molecular complexity index is 1580. The third-order valence-electron chi connectivity index (χ3n) is 9.31. The van der Waals surface area contributed by atoms with Gasteiger partial charge in [0.25, 0.3) is 5.91 Å². The monoisotopic (exact) mass is 599 g/mol. The van der Waals surface area contributed by atoms with Gasteiger partial charge in [0, 0.05) is 74.5 Å². The Morgan fingerprint density at radius 3 is 2.50 bits per heavy atom. The number of aliphatic hydroxyl groups excluding tert-OH is 1. The van der Waals surface area contributed by atoms with Crippen molar-refractivity contribution in [2.24, 2.45) is 7.05 Å². The molecule has 11 nitrogen and oxygen atoms in total. The van der Waals surface area contributed by atoms with Gasteiger partial charge in [-0.05, 0) is 90.0 Å². The van der Waals surface area contributed by atoms with Gasteiger partial charge in [0.1, 0.15) is 0 Å². The van der Waals surface area contributed by atoms with Crippen molar-refractivity contribution in [1.29, 1.82) is 0 Å².